The number of amides is 1. The van der Waals surface area contributed by atoms with Crippen molar-refractivity contribution in [3.8, 4) is 5.75 Å². The molecule has 2 aromatic carbocycles. The van der Waals surface area contributed by atoms with Gasteiger partial charge >= 0.3 is 0 Å². The molecule has 1 amide bonds. The number of ether oxygens (including phenoxy) is 1. The number of aryl methyl sites for hydroxylation is 1. The highest BCUT2D eigenvalue weighted by molar-refractivity contribution is 5.96. The molecular weight excluding hydrogens is 288 g/mol. The van der Waals surface area contributed by atoms with Crippen LogP contribution in [0.2, 0.25) is 0 Å². The topological polar surface area (TPSA) is 64.4 Å². The van der Waals surface area contributed by atoms with E-state index in [9.17, 15) is 4.79 Å². The smallest absolute Gasteiger partial charge is 0.252 e. The molecule has 1 atom stereocenters. The quantitative estimate of drug-likeness (QED) is 0.833. The van der Waals surface area contributed by atoms with Crippen LogP contribution in [0.1, 0.15) is 47.8 Å². The van der Waals surface area contributed by atoms with Gasteiger partial charge in [0.25, 0.3) is 5.91 Å². The van der Waals surface area contributed by atoms with Gasteiger partial charge in [-0.2, -0.15) is 0 Å². The Morgan fingerprint density at radius 3 is 2.78 bits per heavy atom. The lowest BCUT2D eigenvalue weighted by molar-refractivity contribution is 0.0619. The summed E-state index contributed by atoms with van der Waals surface area (Å²) in [5.41, 5.74) is 8.63. The zero-order chi connectivity index (χ0) is 16.6. The van der Waals surface area contributed by atoms with Gasteiger partial charge < -0.3 is 15.8 Å². The van der Waals surface area contributed by atoms with E-state index in [1.807, 2.05) is 51.1 Å². The minimum Gasteiger partial charge on any atom is -0.487 e. The summed E-state index contributed by atoms with van der Waals surface area (Å²) in [7, 11) is 0. The number of rotatable bonds is 2. The zero-order valence-electron chi connectivity index (χ0n) is 13.7. The molecule has 4 heteroatoms. The first-order chi connectivity index (χ1) is 10.9. The Morgan fingerprint density at radius 2 is 2.00 bits per heavy atom. The number of carbonyl (C=O) groups is 1. The highest BCUT2D eigenvalue weighted by atomic mass is 16.5. The lowest BCUT2D eigenvalue weighted by Gasteiger charge is -2.38. The second-order valence-corrected chi connectivity index (χ2v) is 6.70. The van der Waals surface area contributed by atoms with E-state index in [1.54, 1.807) is 12.1 Å². The summed E-state index contributed by atoms with van der Waals surface area (Å²) in [5, 5.41) is 3.14. The number of nitrogens with two attached hydrogens (primary N) is 1. The first-order valence-corrected chi connectivity index (χ1v) is 7.81. The summed E-state index contributed by atoms with van der Waals surface area (Å²) in [5.74, 6) is 0.727. The van der Waals surface area contributed by atoms with Gasteiger partial charge in [-0.3, -0.25) is 4.79 Å². The van der Waals surface area contributed by atoms with Gasteiger partial charge in [-0.25, -0.2) is 0 Å². The summed E-state index contributed by atoms with van der Waals surface area (Å²) in [4.78, 5) is 12.7. The number of carbonyl (C=O) groups excluding carboxylic acids is 1. The molecule has 0 saturated heterocycles. The molecular formula is C19H22N2O2. The molecule has 3 N–H and O–H groups in total. The predicted molar refractivity (Wildman–Crippen MR) is 91.6 cm³/mol. The molecule has 0 aliphatic carbocycles. The molecule has 0 aromatic heterocycles. The molecule has 2 aromatic rings. The van der Waals surface area contributed by atoms with Crippen LogP contribution < -0.4 is 15.8 Å². The summed E-state index contributed by atoms with van der Waals surface area (Å²) >= 11 is 0. The van der Waals surface area contributed by atoms with Crippen LogP contribution in [-0.4, -0.2) is 11.5 Å². The van der Waals surface area contributed by atoms with E-state index in [0.717, 1.165) is 23.3 Å². The Hall–Kier alpha value is -2.49. The fourth-order valence-electron chi connectivity index (χ4n) is 3.05. The number of nitrogens with one attached hydrogen (secondary N) is 1. The monoisotopic (exact) mass is 310 g/mol. The van der Waals surface area contributed by atoms with Gasteiger partial charge in [0.05, 0.1) is 6.04 Å². The average molecular weight is 310 g/mol. The van der Waals surface area contributed by atoms with Crippen molar-refractivity contribution in [2.45, 2.75) is 38.8 Å². The molecule has 120 valence electrons. The van der Waals surface area contributed by atoms with Gasteiger partial charge in [-0.15, -0.1) is 0 Å². The number of para-hydroxylation sites is 1. The van der Waals surface area contributed by atoms with E-state index in [2.05, 4.69) is 5.32 Å². The van der Waals surface area contributed by atoms with E-state index < -0.39 is 0 Å². The number of hydrogen-bond donors (Lipinski definition) is 2. The van der Waals surface area contributed by atoms with Crippen molar-refractivity contribution >= 4 is 11.6 Å². The second-order valence-electron chi connectivity index (χ2n) is 6.70. The van der Waals surface area contributed by atoms with Crippen LogP contribution in [0.3, 0.4) is 0 Å². The predicted octanol–water partition coefficient (Wildman–Crippen LogP) is 3.61. The maximum Gasteiger partial charge on any atom is 0.252 e. The summed E-state index contributed by atoms with van der Waals surface area (Å²) in [6.45, 7) is 5.98. The third-order valence-electron chi connectivity index (χ3n) is 4.19. The minimum atomic E-state index is -0.322. The number of nitrogen functional groups attached to an aromatic ring is 1. The van der Waals surface area contributed by atoms with E-state index in [4.69, 9.17) is 10.5 Å². The van der Waals surface area contributed by atoms with Crippen molar-refractivity contribution in [3.63, 3.8) is 0 Å². The fraction of sp³-hybridized carbons (Fsp3) is 0.316. The van der Waals surface area contributed by atoms with Gasteiger partial charge in [0.15, 0.2) is 0 Å². The maximum atomic E-state index is 12.7. The highest BCUT2D eigenvalue weighted by Gasteiger charge is 2.34. The molecule has 1 heterocycles. The van der Waals surface area contributed by atoms with Crippen LogP contribution >= 0.6 is 0 Å². The van der Waals surface area contributed by atoms with Crippen LogP contribution in [0.4, 0.5) is 5.69 Å². The van der Waals surface area contributed by atoms with Crippen molar-refractivity contribution in [1.82, 2.24) is 5.32 Å². The van der Waals surface area contributed by atoms with Crippen LogP contribution in [0.15, 0.2) is 42.5 Å². The van der Waals surface area contributed by atoms with Crippen molar-refractivity contribution in [1.29, 1.82) is 0 Å². The molecule has 0 fully saturated rings. The van der Waals surface area contributed by atoms with Crippen LogP contribution in [0, 0.1) is 6.92 Å². The molecule has 4 nitrogen and oxygen atoms in total. The van der Waals surface area contributed by atoms with Gasteiger partial charge in [0.1, 0.15) is 11.4 Å². The molecule has 1 aliphatic heterocycles. The lowest BCUT2D eigenvalue weighted by Crippen LogP contribution is -2.41. The Bertz CT molecular complexity index is 753. The Kier molecular flexibility index (Phi) is 3.76. The number of benzene rings is 2. The summed E-state index contributed by atoms with van der Waals surface area (Å²) in [6, 6.07) is 13.2. The van der Waals surface area contributed by atoms with Crippen molar-refractivity contribution in [2.75, 3.05) is 5.73 Å². The van der Waals surface area contributed by atoms with Crippen molar-refractivity contribution in [3.05, 3.63) is 59.2 Å². The summed E-state index contributed by atoms with van der Waals surface area (Å²) < 4.78 is 6.01. The molecule has 0 saturated carbocycles. The van der Waals surface area contributed by atoms with Gasteiger partial charge in [-0.1, -0.05) is 24.3 Å². The SMILES string of the molecule is Cc1ccc(N)cc1C(=O)NC1CC(C)(C)Oc2ccccc21. The van der Waals surface area contributed by atoms with Crippen LogP contribution in [0.5, 0.6) is 5.75 Å². The Morgan fingerprint density at radius 1 is 1.26 bits per heavy atom. The highest BCUT2D eigenvalue weighted by Crippen LogP contribution is 2.39. The van der Waals surface area contributed by atoms with Crippen LogP contribution in [-0.2, 0) is 0 Å². The maximum absolute atomic E-state index is 12.7. The Labute approximate surface area is 136 Å². The Balaban J connectivity index is 1.90. The van der Waals surface area contributed by atoms with E-state index in [-0.39, 0.29) is 17.6 Å². The molecule has 1 aliphatic rings. The van der Waals surface area contributed by atoms with E-state index in [0.29, 0.717) is 11.3 Å². The van der Waals surface area contributed by atoms with Gasteiger partial charge in [0, 0.05) is 23.2 Å². The summed E-state index contributed by atoms with van der Waals surface area (Å²) in [6.07, 6.45) is 0.719. The first kappa shape index (κ1) is 15.4. The molecule has 0 spiro atoms. The number of hydrogen-bond acceptors (Lipinski definition) is 3. The molecule has 3 rings (SSSR count). The van der Waals surface area contributed by atoms with Crippen molar-refractivity contribution < 1.29 is 9.53 Å². The first-order valence-electron chi connectivity index (χ1n) is 7.81. The molecule has 0 radical (unpaired) electrons. The minimum absolute atomic E-state index is 0.0803. The van der Waals surface area contributed by atoms with E-state index >= 15 is 0 Å². The molecule has 0 bridgehead atoms. The standard InChI is InChI=1S/C19H22N2O2/c1-12-8-9-13(20)10-15(12)18(22)21-16-11-19(2,3)23-17-7-5-4-6-14(16)17/h4-10,16H,11,20H2,1-3H3,(H,21,22). The van der Waals surface area contributed by atoms with E-state index in [1.165, 1.54) is 0 Å². The van der Waals surface area contributed by atoms with Gasteiger partial charge in [-0.05, 0) is 44.5 Å². The molecule has 23 heavy (non-hydrogen) atoms. The third-order valence-corrected chi connectivity index (χ3v) is 4.19. The lowest BCUT2D eigenvalue weighted by atomic mass is 9.89. The largest absolute Gasteiger partial charge is 0.487 e. The van der Waals surface area contributed by atoms with Crippen molar-refractivity contribution in [2.24, 2.45) is 0 Å². The zero-order valence-corrected chi connectivity index (χ0v) is 13.7. The fourth-order valence-corrected chi connectivity index (χ4v) is 3.05. The van der Waals surface area contributed by atoms with Crippen LogP contribution in [0.25, 0.3) is 0 Å². The average Bonchev–Trinajstić information content (AvgIpc) is 2.48. The number of anilines is 1. The van der Waals surface area contributed by atoms with Gasteiger partial charge in [0.2, 0.25) is 0 Å². The molecule has 1 unspecified atom stereocenters. The number of fused-ring (bicyclic) bond motifs is 1. The second kappa shape index (κ2) is 5.61. The normalized spacial score (nSPS) is 18.7. The third kappa shape index (κ3) is 3.16.